The summed E-state index contributed by atoms with van der Waals surface area (Å²) in [6.45, 7) is 1.76. The Morgan fingerprint density at radius 2 is 2.07 bits per heavy atom. The molecule has 1 aromatic heterocycles. The van der Waals surface area contributed by atoms with Crippen LogP contribution in [0.1, 0.15) is 17.5 Å². The highest BCUT2D eigenvalue weighted by molar-refractivity contribution is 5.68. The monoisotopic (exact) mass is 375 g/mol. The number of amides is 1. The van der Waals surface area contributed by atoms with Crippen LogP contribution >= 0.6 is 0 Å². The van der Waals surface area contributed by atoms with Gasteiger partial charge >= 0.3 is 6.09 Å². The molecule has 5 nitrogen and oxygen atoms in total. The fourth-order valence-corrected chi connectivity index (χ4v) is 3.01. The van der Waals surface area contributed by atoms with E-state index in [1.807, 2.05) is 31.2 Å². The second-order valence-electron chi connectivity index (χ2n) is 6.80. The van der Waals surface area contributed by atoms with E-state index in [1.165, 1.54) is 0 Å². The Balaban J connectivity index is 1.49. The summed E-state index contributed by atoms with van der Waals surface area (Å²) in [7, 11) is 0. The second kappa shape index (κ2) is 8.33. The van der Waals surface area contributed by atoms with Gasteiger partial charge in [-0.3, -0.25) is 0 Å². The fourth-order valence-electron chi connectivity index (χ4n) is 3.01. The molecular formula is C20H23F2N3O2. The molecule has 2 heterocycles. The van der Waals surface area contributed by atoms with Crippen LogP contribution in [-0.4, -0.2) is 41.5 Å². The van der Waals surface area contributed by atoms with Gasteiger partial charge in [-0.25, -0.2) is 18.6 Å². The molecular weight excluding hydrogens is 352 g/mol. The number of carbonyl (C=O) groups excluding carboxylic acids is 1. The molecule has 0 saturated carbocycles. The second-order valence-corrected chi connectivity index (χ2v) is 6.80. The molecule has 1 saturated heterocycles. The van der Waals surface area contributed by atoms with Gasteiger partial charge in [-0.05, 0) is 31.0 Å². The van der Waals surface area contributed by atoms with Gasteiger partial charge < -0.3 is 15.0 Å². The highest BCUT2D eigenvalue weighted by Crippen LogP contribution is 2.33. The van der Waals surface area contributed by atoms with Crippen molar-refractivity contribution in [2.45, 2.75) is 25.9 Å². The average Bonchev–Trinajstić information content (AvgIpc) is 2.66. The van der Waals surface area contributed by atoms with Gasteiger partial charge in [-0.1, -0.05) is 35.9 Å². The molecule has 1 fully saturated rings. The summed E-state index contributed by atoms with van der Waals surface area (Å²) in [5.74, 6) is -3.28. The molecule has 0 bridgehead atoms. The number of nitrogens with zero attached hydrogens (tertiary/aromatic N) is 2. The quantitative estimate of drug-likeness (QED) is 0.855. The highest BCUT2D eigenvalue weighted by Gasteiger charge is 2.46. The van der Waals surface area contributed by atoms with Crippen molar-refractivity contribution in [2.24, 2.45) is 5.92 Å². The van der Waals surface area contributed by atoms with Gasteiger partial charge in [0, 0.05) is 25.2 Å². The van der Waals surface area contributed by atoms with Crippen molar-refractivity contribution in [2.75, 3.05) is 25.0 Å². The zero-order valence-corrected chi connectivity index (χ0v) is 15.2. The van der Waals surface area contributed by atoms with Gasteiger partial charge in [-0.15, -0.1) is 0 Å². The van der Waals surface area contributed by atoms with Crippen LogP contribution in [0.2, 0.25) is 0 Å². The number of halogens is 2. The van der Waals surface area contributed by atoms with Crippen LogP contribution in [0.5, 0.6) is 0 Å². The number of hydrogen-bond acceptors (Lipinski definition) is 4. The standard InChI is InChI=1S/C20H23F2N3O2/c1-15-5-7-16(8-6-15)13-27-19(26)25-11-9-17(20(21,22)14-25)12-24-18-4-2-3-10-23-18/h2-8,10,17H,9,11-14H2,1H3,(H,23,24)/t17-/m0/s1. The lowest BCUT2D eigenvalue weighted by Crippen LogP contribution is -2.52. The SMILES string of the molecule is Cc1ccc(COC(=O)N2CC[C@@H](CNc3ccccn3)C(F)(F)C2)cc1. The van der Waals surface area contributed by atoms with Gasteiger partial charge in [0.1, 0.15) is 12.4 Å². The first-order chi connectivity index (χ1) is 12.9. The third-order valence-electron chi connectivity index (χ3n) is 4.68. The van der Waals surface area contributed by atoms with Crippen molar-refractivity contribution in [1.82, 2.24) is 9.88 Å². The first kappa shape index (κ1) is 19.1. The zero-order valence-electron chi connectivity index (χ0n) is 15.2. The first-order valence-electron chi connectivity index (χ1n) is 8.94. The van der Waals surface area contributed by atoms with Gasteiger partial charge in [-0.2, -0.15) is 0 Å². The van der Waals surface area contributed by atoms with Crippen LogP contribution in [0, 0.1) is 12.8 Å². The number of carbonyl (C=O) groups is 1. The molecule has 2 aromatic rings. The van der Waals surface area contributed by atoms with E-state index in [0.717, 1.165) is 16.0 Å². The molecule has 0 unspecified atom stereocenters. The third kappa shape index (κ3) is 5.15. The third-order valence-corrected chi connectivity index (χ3v) is 4.68. The van der Waals surface area contributed by atoms with Gasteiger partial charge in [0.25, 0.3) is 5.92 Å². The van der Waals surface area contributed by atoms with Crippen molar-refractivity contribution in [3.8, 4) is 0 Å². The van der Waals surface area contributed by atoms with Crippen LogP contribution in [0.3, 0.4) is 0 Å². The number of aromatic nitrogens is 1. The van der Waals surface area contributed by atoms with E-state index < -0.39 is 24.5 Å². The Kier molecular flexibility index (Phi) is 5.88. The van der Waals surface area contributed by atoms with Crippen molar-refractivity contribution < 1.29 is 18.3 Å². The number of pyridine rings is 1. The van der Waals surface area contributed by atoms with Crippen molar-refractivity contribution >= 4 is 11.9 Å². The number of piperidine rings is 1. The summed E-state index contributed by atoms with van der Waals surface area (Å²) in [6.07, 6.45) is 1.10. The number of hydrogen-bond donors (Lipinski definition) is 1. The summed E-state index contributed by atoms with van der Waals surface area (Å²) in [4.78, 5) is 17.3. The first-order valence-corrected chi connectivity index (χ1v) is 8.94. The van der Waals surface area contributed by atoms with Crippen LogP contribution < -0.4 is 5.32 Å². The summed E-state index contributed by atoms with van der Waals surface area (Å²) < 4.78 is 34.2. The molecule has 0 radical (unpaired) electrons. The van der Waals surface area contributed by atoms with Crippen molar-refractivity contribution in [1.29, 1.82) is 0 Å². The van der Waals surface area contributed by atoms with Crippen molar-refractivity contribution in [3.63, 3.8) is 0 Å². The molecule has 0 spiro atoms. The van der Waals surface area contributed by atoms with E-state index in [2.05, 4.69) is 10.3 Å². The van der Waals surface area contributed by atoms with E-state index in [0.29, 0.717) is 5.82 Å². The lowest BCUT2D eigenvalue weighted by Gasteiger charge is -2.37. The highest BCUT2D eigenvalue weighted by atomic mass is 19.3. The topological polar surface area (TPSA) is 54.5 Å². The molecule has 1 amide bonds. The predicted molar refractivity (Wildman–Crippen MR) is 98.7 cm³/mol. The normalized spacial score (nSPS) is 18.8. The van der Waals surface area contributed by atoms with E-state index in [4.69, 9.17) is 4.74 Å². The molecule has 144 valence electrons. The minimum atomic E-state index is -2.98. The number of alkyl halides is 2. The number of benzene rings is 1. The van der Waals surface area contributed by atoms with E-state index in [-0.39, 0.29) is 26.1 Å². The molecule has 7 heteroatoms. The zero-order chi connectivity index (χ0) is 19.3. The number of likely N-dealkylation sites (tertiary alicyclic amines) is 1. The van der Waals surface area contributed by atoms with Crippen LogP contribution in [0.4, 0.5) is 19.4 Å². The van der Waals surface area contributed by atoms with E-state index in [9.17, 15) is 13.6 Å². The van der Waals surface area contributed by atoms with Crippen molar-refractivity contribution in [3.05, 3.63) is 59.8 Å². The fraction of sp³-hybridized carbons (Fsp3) is 0.400. The number of anilines is 1. The summed E-state index contributed by atoms with van der Waals surface area (Å²) in [6, 6.07) is 12.8. The number of rotatable bonds is 5. The Bertz CT molecular complexity index is 754. The van der Waals surface area contributed by atoms with Gasteiger partial charge in [0.15, 0.2) is 0 Å². The van der Waals surface area contributed by atoms with Gasteiger partial charge in [0.05, 0.1) is 6.54 Å². The minimum Gasteiger partial charge on any atom is -0.445 e. The predicted octanol–water partition coefficient (Wildman–Crippen LogP) is 4.10. The molecule has 3 rings (SSSR count). The minimum absolute atomic E-state index is 0.0752. The smallest absolute Gasteiger partial charge is 0.410 e. The molecule has 27 heavy (non-hydrogen) atoms. The number of ether oxygens (including phenoxy) is 1. The van der Waals surface area contributed by atoms with E-state index in [1.54, 1.807) is 24.4 Å². The lowest BCUT2D eigenvalue weighted by molar-refractivity contribution is -0.101. The maximum Gasteiger partial charge on any atom is 0.410 e. The van der Waals surface area contributed by atoms with Gasteiger partial charge in [0.2, 0.25) is 0 Å². The maximum absolute atomic E-state index is 14.5. The number of aryl methyl sites for hydroxylation is 1. The number of nitrogens with one attached hydrogen (secondary N) is 1. The van der Waals surface area contributed by atoms with Crippen LogP contribution in [0.25, 0.3) is 0 Å². The van der Waals surface area contributed by atoms with Crippen LogP contribution in [0.15, 0.2) is 48.7 Å². The molecule has 0 aliphatic carbocycles. The summed E-state index contributed by atoms with van der Waals surface area (Å²) in [5, 5.41) is 2.94. The molecule has 1 aromatic carbocycles. The molecule has 1 atom stereocenters. The Labute approximate surface area is 157 Å². The Morgan fingerprint density at radius 1 is 1.30 bits per heavy atom. The lowest BCUT2D eigenvalue weighted by atomic mass is 9.93. The Morgan fingerprint density at radius 3 is 2.74 bits per heavy atom. The van der Waals surface area contributed by atoms with E-state index >= 15 is 0 Å². The largest absolute Gasteiger partial charge is 0.445 e. The molecule has 1 aliphatic rings. The molecule has 1 N–H and O–H groups in total. The van der Waals surface area contributed by atoms with Crippen LogP contribution in [-0.2, 0) is 11.3 Å². The Hall–Kier alpha value is -2.70. The summed E-state index contributed by atoms with van der Waals surface area (Å²) >= 11 is 0. The summed E-state index contributed by atoms with van der Waals surface area (Å²) in [5.41, 5.74) is 1.93. The molecule has 1 aliphatic heterocycles. The maximum atomic E-state index is 14.5. The average molecular weight is 375 g/mol.